The molecule has 11 aromatic carbocycles. The van der Waals surface area contributed by atoms with Crippen LogP contribution in [0.5, 0.6) is 0 Å². The SMILES string of the molecule is c1ccc(-c2ccc(N(c3ccc(-c4cccc5c4oc4ccccc45)cc3)c3ccc4c(c3)oc3c(-c5cc6ccccc6c6ccccc56)c5ccccc5cc34)cc2)cc1. The molecule has 0 aliphatic rings. The first kappa shape index (κ1) is 35.4. The molecular weight excluding hydrogens is 767 g/mol. The molecule has 0 aliphatic carbocycles. The lowest BCUT2D eigenvalue weighted by atomic mass is 9.89. The lowest BCUT2D eigenvalue weighted by Gasteiger charge is -2.26. The smallest absolute Gasteiger partial charge is 0.143 e. The Morgan fingerprint density at radius 1 is 0.270 bits per heavy atom. The van der Waals surface area contributed by atoms with Gasteiger partial charge >= 0.3 is 0 Å². The van der Waals surface area contributed by atoms with Gasteiger partial charge in [0.05, 0.1) is 0 Å². The highest BCUT2D eigenvalue weighted by Crippen LogP contribution is 2.47. The fourth-order valence-corrected chi connectivity index (χ4v) is 9.88. The van der Waals surface area contributed by atoms with Crippen LogP contribution in [0.25, 0.3) is 110 Å². The Hall–Kier alpha value is -8.40. The fourth-order valence-electron chi connectivity index (χ4n) is 9.88. The van der Waals surface area contributed by atoms with Gasteiger partial charge < -0.3 is 13.7 Å². The topological polar surface area (TPSA) is 29.5 Å². The van der Waals surface area contributed by atoms with Crippen molar-refractivity contribution < 1.29 is 8.83 Å². The van der Waals surface area contributed by atoms with E-state index in [1.165, 1.54) is 49.0 Å². The Balaban J connectivity index is 0.992. The minimum atomic E-state index is 0.836. The number of nitrogens with zero attached hydrogens (tertiary/aromatic N) is 1. The summed E-state index contributed by atoms with van der Waals surface area (Å²) < 4.78 is 13.6. The molecule has 0 spiro atoms. The van der Waals surface area contributed by atoms with E-state index in [2.05, 4.69) is 217 Å². The highest BCUT2D eigenvalue weighted by Gasteiger charge is 2.22. The fraction of sp³-hybridized carbons (Fsp3) is 0. The molecule has 2 heterocycles. The van der Waals surface area contributed by atoms with Crippen LogP contribution in [0.1, 0.15) is 0 Å². The van der Waals surface area contributed by atoms with Crippen molar-refractivity contribution in [3.63, 3.8) is 0 Å². The highest BCUT2D eigenvalue weighted by molar-refractivity contribution is 6.24. The Morgan fingerprint density at radius 2 is 0.825 bits per heavy atom. The minimum Gasteiger partial charge on any atom is -0.455 e. The van der Waals surface area contributed by atoms with Crippen LogP contribution in [-0.4, -0.2) is 0 Å². The van der Waals surface area contributed by atoms with E-state index in [9.17, 15) is 0 Å². The van der Waals surface area contributed by atoms with E-state index in [1.807, 2.05) is 12.1 Å². The van der Waals surface area contributed by atoms with Crippen molar-refractivity contribution in [2.45, 2.75) is 0 Å². The van der Waals surface area contributed by atoms with Crippen LogP contribution in [-0.2, 0) is 0 Å². The summed E-state index contributed by atoms with van der Waals surface area (Å²) in [6, 6.07) is 80.3. The summed E-state index contributed by atoms with van der Waals surface area (Å²) in [6.07, 6.45) is 0. The molecule has 2 aromatic heterocycles. The predicted molar refractivity (Wildman–Crippen MR) is 265 cm³/mol. The Labute approximate surface area is 363 Å². The summed E-state index contributed by atoms with van der Waals surface area (Å²) in [7, 11) is 0. The van der Waals surface area contributed by atoms with Crippen molar-refractivity contribution in [2.24, 2.45) is 0 Å². The van der Waals surface area contributed by atoms with Gasteiger partial charge in [-0.2, -0.15) is 0 Å². The first-order valence-corrected chi connectivity index (χ1v) is 21.5. The molecule has 0 fully saturated rings. The molecule has 294 valence electrons. The van der Waals surface area contributed by atoms with Gasteiger partial charge in [-0.1, -0.05) is 164 Å². The van der Waals surface area contributed by atoms with Crippen LogP contribution in [0, 0.1) is 0 Å². The van der Waals surface area contributed by atoms with Crippen molar-refractivity contribution in [3.8, 4) is 33.4 Å². The van der Waals surface area contributed by atoms with Crippen LogP contribution in [0.4, 0.5) is 17.1 Å². The number of fused-ring (bicyclic) bond motifs is 10. The molecule has 0 unspecified atom stereocenters. The van der Waals surface area contributed by atoms with Crippen LogP contribution in [0.3, 0.4) is 0 Å². The standard InChI is InChI=1S/C60H37NO2/c1-2-13-38(14-3-1)39-25-29-43(30-26-39)61(44-31-27-40(28-32-44)48-22-12-23-53-51-21-10-11-24-56(51)62-59(48)53)45-33-34-52-55-36-42-16-5-7-18-47(42)58(60(55)63-57(52)37-45)54-35-41-15-4-6-17-46(41)49-19-8-9-20-50(49)54/h1-37H. The zero-order chi connectivity index (χ0) is 41.4. The molecule has 0 saturated carbocycles. The molecule has 0 N–H and O–H groups in total. The highest BCUT2D eigenvalue weighted by atomic mass is 16.3. The molecule has 13 rings (SSSR count). The molecule has 0 amide bonds. The lowest BCUT2D eigenvalue weighted by molar-refractivity contribution is 0.670. The second kappa shape index (κ2) is 14.1. The van der Waals surface area contributed by atoms with Gasteiger partial charge in [0.25, 0.3) is 0 Å². The molecule has 0 aliphatic heterocycles. The molecule has 0 atom stereocenters. The van der Waals surface area contributed by atoms with Gasteiger partial charge in [0, 0.05) is 55.8 Å². The molecule has 3 heteroatoms. The van der Waals surface area contributed by atoms with Gasteiger partial charge in [-0.3, -0.25) is 0 Å². The molecule has 0 saturated heterocycles. The third-order valence-corrected chi connectivity index (χ3v) is 12.8. The van der Waals surface area contributed by atoms with E-state index in [-0.39, 0.29) is 0 Å². The van der Waals surface area contributed by atoms with Crippen LogP contribution < -0.4 is 4.90 Å². The molecule has 13 aromatic rings. The maximum Gasteiger partial charge on any atom is 0.143 e. The van der Waals surface area contributed by atoms with E-state index in [1.54, 1.807) is 0 Å². The summed E-state index contributed by atoms with van der Waals surface area (Å²) in [5.74, 6) is 0. The zero-order valence-corrected chi connectivity index (χ0v) is 34.1. The molecule has 0 radical (unpaired) electrons. The van der Waals surface area contributed by atoms with Gasteiger partial charge in [0.1, 0.15) is 22.3 Å². The van der Waals surface area contributed by atoms with Gasteiger partial charge in [-0.05, 0) is 109 Å². The molecular formula is C60H37NO2. The predicted octanol–water partition coefficient (Wildman–Crippen LogP) is 17.4. The Morgan fingerprint density at radius 3 is 1.60 bits per heavy atom. The van der Waals surface area contributed by atoms with Crippen LogP contribution in [0.2, 0.25) is 0 Å². The van der Waals surface area contributed by atoms with E-state index >= 15 is 0 Å². The summed E-state index contributed by atoms with van der Waals surface area (Å²) in [5.41, 5.74) is 13.4. The summed E-state index contributed by atoms with van der Waals surface area (Å²) >= 11 is 0. The number of furan rings is 2. The van der Waals surface area contributed by atoms with Crippen LogP contribution >= 0.6 is 0 Å². The monoisotopic (exact) mass is 803 g/mol. The maximum absolute atomic E-state index is 7.15. The number of hydrogen-bond acceptors (Lipinski definition) is 3. The molecule has 3 nitrogen and oxygen atoms in total. The van der Waals surface area contributed by atoms with Crippen molar-refractivity contribution in [1.29, 1.82) is 0 Å². The third-order valence-electron chi connectivity index (χ3n) is 12.8. The number of anilines is 3. The van der Waals surface area contributed by atoms with Gasteiger partial charge in [-0.25, -0.2) is 0 Å². The quantitative estimate of drug-likeness (QED) is 0.157. The van der Waals surface area contributed by atoms with Gasteiger partial charge in [0.15, 0.2) is 0 Å². The first-order valence-electron chi connectivity index (χ1n) is 21.5. The average molecular weight is 804 g/mol. The normalized spacial score (nSPS) is 11.8. The summed E-state index contributed by atoms with van der Waals surface area (Å²) in [5, 5.41) is 11.7. The first-order chi connectivity index (χ1) is 31.2. The van der Waals surface area contributed by atoms with E-state index < -0.39 is 0 Å². The van der Waals surface area contributed by atoms with Crippen molar-refractivity contribution in [2.75, 3.05) is 4.90 Å². The van der Waals surface area contributed by atoms with Crippen molar-refractivity contribution >= 4 is 93.3 Å². The zero-order valence-electron chi connectivity index (χ0n) is 34.1. The Kier molecular flexibility index (Phi) is 7.91. The average Bonchev–Trinajstić information content (AvgIpc) is 3.92. The number of benzene rings is 11. The second-order valence-electron chi connectivity index (χ2n) is 16.4. The third kappa shape index (κ3) is 5.67. The van der Waals surface area contributed by atoms with Crippen LogP contribution in [0.15, 0.2) is 233 Å². The lowest BCUT2D eigenvalue weighted by Crippen LogP contribution is -2.09. The molecule has 63 heavy (non-hydrogen) atoms. The van der Waals surface area contributed by atoms with E-state index in [0.717, 1.165) is 77.6 Å². The van der Waals surface area contributed by atoms with E-state index in [4.69, 9.17) is 8.83 Å². The van der Waals surface area contributed by atoms with E-state index in [0.29, 0.717) is 0 Å². The van der Waals surface area contributed by atoms with Crippen molar-refractivity contribution in [1.82, 2.24) is 0 Å². The minimum absolute atomic E-state index is 0.836. The Bertz CT molecular complexity index is 3900. The van der Waals surface area contributed by atoms with Gasteiger partial charge in [-0.15, -0.1) is 0 Å². The largest absolute Gasteiger partial charge is 0.455 e. The summed E-state index contributed by atoms with van der Waals surface area (Å²) in [6.45, 7) is 0. The molecule has 0 bridgehead atoms. The number of para-hydroxylation sites is 2. The maximum atomic E-state index is 7.15. The number of hydrogen-bond donors (Lipinski definition) is 0. The van der Waals surface area contributed by atoms with Gasteiger partial charge in [0.2, 0.25) is 0 Å². The second-order valence-corrected chi connectivity index (χ2v) is 16.4. The summed E-state index contributed by atoms with van der Waals surface area (Å²) in [4.78, 5) is 2.32. The number of rotatable bonds is 6. The van der Waals surface area contributed by atoms with Crippen molar-refractivity contribution in [3.05, 3.63) is 224 Å².